The van der Waals surface area contributed by atoms with Gasteiger partial charge in [0.05, 0.1) is 6.10 Å². The van der Waals surface area contributed by atoms with E-state index < -0.39 is 6.10 Å². The number of aliphatic hydroxyl groups excluding tert-OH is 1. The fourth-order valence-electron chi connectivity index (χ4n) is 3.24. The van der Waals surface area contributed by atoms with Crippen LogP contribution in [0.15, 0.2) is 42.6 Å². The topological polar surface area (TPSA) is 39.6 Å². The molecule has 0 saturated carbocycles. The van der Waals surface area contributed by atoms with Gasteiger partial charge in [0, 0.05) is 38.9 Å². The molecular formula is C19H25N3O. The third-order valence-electron chi connectivity index (χ3n) is 4.56. The highest BCUT2D eigenvalue weighted by molar-refractivity contribution is 5.38. The molecular weight excluding hydrogens is 286 g/mol. The smallest absolute Gasteiger partial charge is 0.128 e. The highest BCUT2D eigenvalue weighted by Gasteiger charge is 2.21. The maximum absolute atomic E-state index is 10.6. The Kier molecular flexibility index (Phi) is 4.94. The molecule has 4 nitrogen and oxygen atoms in total. The number of aromatic nitrogens is 1. The zero-order valence-electron chi connectivity index (χ0n) is 13.9. The van der Waals surface area contributed by atoms with Gasteiger partial charge in [0.25, 0.3) is 0 Å². The Morgan fingerprint density at radius 2 is 1.87 bits per heavy atom. The molecule has 0 radical (unpaired) electrons. The van der Waals surface area contributed by atoms with E-state index in [4.69, 9.17) is 0 Å². The van der Waals surface area contributed by atoms with Crippen molar-refractivity contribution in [1.29, 1.82) is 0 Å². The number of aryl methyl sites for hydroxylation is 2. The Hall–Kier alpha value is -1.91. The molecule has 0 bridgehead atoms. The lowest BCUT2D eigenvalue weighted by Crippen LogP contribution is -2.47. The normalized spacial score (nSPS) is 17.3. The number of anilines is 1. The monoisotopic (exact) mass is 311 g/mol. The summed E-state index contributed by atoms with van der Waals surface area (Å²) in [4.78, 5) is 9.06. The second kappa shape index (κ2) is 7.11. The molecule has 1 saturated heterocycles. The third-order valence-corrected chi connectivity index (χ3v) is 4.56. The lowest BCUT2D eigenvalue weighted by Gasteiger charge is -2.36. The summed E-state index contributed by atoms with van der Waals surface area (Å²) >= 11 is 0. The van der Waals surface area contributed by atoms with Crippen molar-refractivity contribution >= 4 is 5.82 Å². The van der Waals surface area contributed by atoms with Gasteiger partial charge in [-0.15, -0.1) is 0 Å². The molecule has 0 unspecified atom stereocenters. The van der Waals surface area contributed by atoms with Gasteiger partial charge in [-0.1, -0.05) is 29.8 Å². The van der Waals surface area contributed by atoms with E-state index >= 15 is 0 Å². The highest BCUT2D eigenvalue weighted by atomic mass is 16.3. The number of rotatable bonds is 4. The van der Waals surface area contributed by atoms with Crippen LogP contribution in [0.25, 0.3) is 0 Å². The summed E-state index contributed by atoms with van der Waals surface area (Å²) in [5.74, 6) is 1.04. The first-order chi connectivity index (χ1) is 11.1. The van der Waals surface area contributed by atoms with Crippen LogP contribution in [-0.2, 0) is 0 Å². The zero-order valence-corrected chi connectivity index (χ0v) is 13.9. The average molecular weight is 311 g/mol. The van der Waals surface area contributed by atoms with Crippen molar-refractivity contribution in [3.63, 3.8) is 0 Å². The fourth-order valence-corrected chi connectivity index (χ4v) is 3.24. The molecule has 1 aromatic carbocycles. The Labute approximate surface area is 138 Å². The first-order valence-corrected chi connectivity index (χ1v) is 8.27. The minimum absolute atomic E-state index is 0.419. The van der Waals surface area contributed by atoms with Crippen LogP contribution in [0.5, 0.6) is 0 Å². The molecule has 23 heavy (non-hydrogen) atoms. The Balaban J connectivity index is 1.56. The minimum atomic E-state index is -0.419. The second-order valence-corrected chi connectivity index (χ2v) is 6.35. The van der Waals surface area contributed by atoms with Crippen molar-refractivity contribution in [3.8, 4) is 0 Å². The van der Waals surface area contributed by atoms with Crippen LogP contribution in [0.1, 0.15) is 22.8 Å². The van der Waals surface area contributed by atoms with E-state index in [1.807, 2.05) is 18.3 Å². The van der Waals surface area contributed by atoms with Gasteiger partial charge < -0.3 is 10.0 Å². The SMILES string of the molecule is Cc1ccc([C@@H](O)CN2CCN(c3ccccn3)CC2)c(C)c1. The van der Waals surface area contributed by atoms with Crippen molar-refractivity contribution in [2.45, 2.75) is 20.0 Å². The summed E-state index contributed by atoms with van der Waals surface area (Å²) in [5, 5.41) is 10.6. The Bertz CT molecular complexity index is 636. The van der Waals surface area contributed by atoms with Gasteiger partial charge >= 0.3 is 0 Å². The second-order valence-electron chi connectivity index (χ2n) is 6.35. The molecule has 0 spiro atoms. The number of β-amino-alcohol motifs (C(OH)–C–C–N with tert-alkyl or cyclic N) is 1. The maximum Gasteiger partial charge on any atom is 0.128 e. The summed E-state index contributed by atoms with van der Waals surface area (Å²) in [5.41, 5.74) is 3.45. The van der Waals surface area contributed by atoms with Crippen LogP contribution in [-0.4, -0.2) is 47.7 Å². The molecule has 0 amide bonds. The first kappa shape index (κ1) is 16.0. The quantitative estimate of drug-likeness (QED) is 0.942. The number of pyridine rings is 1. The number of hydrogen-bond donors (Lipinski definition) is 1. The summed E-state index contributed by atoms with van der Waals surface area (Å²) < 4.78 is 0. The maximum atomic E-state index is 10.6. The predicted octanol–water partition coefficient (Wildman–Crippen LogP) is 2.55. The van der Waals surface area contributed by atoms with Gasteiger partial charge in [-0.05, 0) is 37.1 Å². The first-order valence-electron chi connectivity index (χ1n) is 8.27. The van der Waals surface area contributed by atoms with Crippen molar-refractivity contribution in [2.24, 2.45) is 0 Å². The molecule has 1 atom stereocenters. The summed E-state index contributed by atoms with van der Waals surface area (Å²) in [6.07, 6.45) is 1.42. The van der Waals surface area contributed by atoms with E-state index in [1.54, 1.807) is 0 Å². The number of piperazine rings is 1. The van der Waals surface area contributed by atoms with Gasteiger partial charge in [0.2, 0.25) is 0 Å². The van der Waals surface area contributed by atoms with E-state index in [1.165, 1.54) is 11.1 Å². The number of benzene rings is 1. The van der Waals surface area contributed by atoms with Crippen LogP contribution < -0.4 is 4.90 Å². The van der Waals surface area contributed by atoms with Gasteiger partial charge in [0.1, 0.15) is 5.82 Å². The summed E-state index contributed by atoms with van der Waals surface area (Å²) in [7, 11) is 0. The van der Waals surface area contributed by atoms with Gasteiger partial charge in [-0.2, -0.15) is 0 Å². The molecule has 1 aliphatic heterocycles. The third kappa shape index (κ3) is 3.89. The molecule has 1 N–H and O–H groups in total. The predicted molar refractivity (Wildman–Crippen MR) is 93.8 cm³/mol. The molecule has 3 rings (SSSR count). The number of hydrogen-bond acceptors (Lipinski definition) is 4. The molecule has 122 valence electrons. The minimum Gasteiger partial charge on any atom is -0.387 e. The molecule has 1 aromatic heterocycles. The fraction of sp³-hybridized carbons (Fsp3) is 0.421. The summed E-state index contributed by atoms with van der Waals surface area (Å²) in [6, 6.07) is 12.3. The summed E-state index contributed by atoms with van der Waals surface area (Å²) in [6.45, 7) is 8.68. The van der Waals surface area contributed by atoms with Crippen LogP contribution in [0.3, 0.4) is 0 Å². The average Bonchev–Trinajstić information content (AvgIpc) is 2.56. The molecule has 4 heteroatoms. The van der Waals surface area contributed by atoms with Crippen molar-refractivity contribution in [2.75, 3.05) is 37.6 Å². The van der Waals surface area contributed by atoms with Crippen LogP contribution in [0.4, 0.5) is 5.82 Å². The molecule has 2 aromatic rings. The molecule has 0 aliphatic carbocycles. The lowest BCUT2D eigenvalue weighted by molar-refractivity contribution is 0.109. The van der Waals surface area contributed by atoms with Crippen molar-refractivity contribution in [1.82, 2.24) is 9.88 Å². The molecule has 1 aliphatic rings. The van der Waals surface area contributed by atoms with Gasteiger partial charge in [0.15, 0.2) is 0 Å². The van der Waals surface area contributed by atoms with Crippen LogP contribution in [0, 0.1) is 13.8 Å². The van der Waals surface area contributed by atoms with E-state index in [9.17, 15) is 5.11 Å². The lowest BCUT2D eigenvalue weighted by atomic mass is 10.0. The zero-order chi connectivity index (χ0) is 16.2. The Morgan fingerprint density at radius 3 is 2.52 bits per heavy atom. The van der Waals surface area contributed by atoms with E-state index in [2.05, 4.69) is 52.9 Å². The molecule has 2 heterocycles. The standard InChI is InChI=1S/C19H25N3O/c1-15-6-7-17(16(2)13-15)18(23)14-21-9-11-22(12-10-21)19-5-3-4-8-20-19/h3-8,13,18,23H,9-12,14H2,1-2H3/t18-/m0/s1. The largest absolute Gasteiger partial charge is 0.387 e. The van der Waals surface area contributed by atoms with E-state index in [0.717, 1.165) is 37.6 Å². The van der Waals surface area contributed by atoms with Gasteiger partial charge in [-0.3, -0.25) is 4.90 Å². The number of nitrogens with zero attached hydrogens (tertiary/aromatic N) is 3. The Morgan fingerprint density at radius 1 is 1.09 bits per heavy atom. The van der Waals surface area contributed by atoms with E-state index in [-0.39, 0.29) is 0 Å². The van der Waals surface area contributed by atoms with E-state index in [0.29, 0.717) is 6.54 Å². The van der Waals surface area contributed by atoms with Crippen molar-refractivity contribution < 1.29 is 5.11 Å². The molecule has 1 fully saturated rings. The number of aliphatic hydroxyl groups is 1. The van der Waals surface area contributed by atoms with Crippen LogP contribution >= 0.6 is 0 Å². The highest BCUT2D eigenvalue weighted by Crippen LogP contribution is 2.21. The van der Waals surface area contributed by atoms with Crippen molar-refractivity contribution in [3.05, 3.63) is 59.3 Å². The van der Waals surface area contributed by atoms with Crippen LogP contribution in [0.2, 0.25) is 0 Å². The van der Waals surface area contributed by atoms with Gasteiger partial charge in [-0.25, -0.2) is 4.98 Å².